The molecule has 0 saturated heterocycles. The summed E-state index contributed by atoms with van der Waals surface area (Å²) in [6.45, 7) is 3.47. The molecule has 0 saturated carbocycles. The van der Waals surface area contributed by atoms with Crippen molar-refractivity contribution in [2.45, 2.75) is 19.8 Å². The van der Waals surface area contributed by atoms with Crippen molar-refractivity contribution in [3.63, 3.8) is 0 Å². The van der Waals surface area contributed by atoms with Crippen LogP contribution in [0.5, 0.6) is 0 Å². The van der Waals surface area contributed by atoms with Crippen LogP contribution < -0.4 is 11.1 Å². The van der Waals surface area contributed by atoms with Gasteiger partial charge in [-0.25, -0.2) is 14.2 Å². The van der Waals surface area contributed by atoms with Crippen LogP contribution in [0.1, 0.15) is 44.6 Å². The predicted molar refractivity (Wildman–Crippen MR) is 166 cm³/mol. The van der Waals surface area contributed by atoms with Gasteiger partial charge in [0.25, 0.3) is 11.1 Å². The van der Waals surface area contributed by atoms with E-state index in [1.165, 1.54) is 9.36 Å². The fourth-order valence-corrected chi connectivity index (χ4v) is 5.40. The highest BCUT2D eigenvalue weighted by Crippen LogP contribution is 2.35. The summed E-state index contributed by atoms with van der Waals surface area (Å²) in [6, 6.07) is 28.7. The summed E-state index contributed by atoms with van der Waals surface area (Å²) in [5, 5.41) is 6.36. The van der Waals surface area contributed by atoms with E-state index in [1.807, 2.05) is 60.7 Å². The van der Waals surface area contributed by atoms with Gasteiger partial charge in [-0.05, 0) is 62.4 Å². The van der Waals surface area contributed by atoms with Gasteiger partial charge in [-0.3, -0.25) is 19.8 Å². The van der Waals surface area contributed by atoms with E-state index in [0.29, 0.717) is 56.5 Å². The number of carbonyl (C=O) groups excluding carboxylic acids is 1. The third kappa shape index (κ3) is 5.10. The molecule has 0 radical (unpaired) electrons. The number of aryl methyl sites for hydroxylation is 2. The molecule has 0 aliphatic rings. The summed E-state index contributed by atoms with van der Waals surface area (Å²) in [5.74, 6) is 1.72. The molecule has 6 aromatic rings. The van der Waals surface area contributed by atoms with Crippen molar-refractivity contribution < 1.29 is 13.9 Å². The van der Waals surface area contributed by atoms with E-state index in [9.17, 15) is 14.4 Å². The SMILES string of the molecule is C#CCOC(=O)c1cccc(-c2ccc(C(c3c(C)[nH]n(-c4ccccc4)c3=O)c3c(C)[nH]n(-c4ccccc4)c3=O)o2)c1. The van der Waals surface area contributed by atoms with Gasteiger partial charge in [0, 0.05) is 17.0 Å². The second-order valence-electron chi connectivity index (χ2n) is 10.2. The Morgan fingerprint density at radius 2 is 1.39 bits per heavy atom. The Hall–Kier alpha value is -6.01. The second kappa shape index (κ2) is 11.7. The average molecular weight is 585 g/mol. The summed E-state index contributed by atoms with van der Waals surface area (Å²) in [7, 11) is 0. The average Bonchev–Trinajstić information content (AvgIpc) is 3.74. The molecule has 0 aliphatic carbocycles. The van der Waals surface area contributed by atoms with Crippen LogP contribution in [0.25, 0.3) is 22.7 Å². The number of rotatable bonds is 8. The number of para-hydroxylation sites is 2. The number of ether oxygens (including phenoxy) is 1. The van der Waals surface area contributed by atoms with Crippen LogP contribution >= 0.6 is 0 Å². The Bertz CT molecular complexity index is 2020. The van der Waals surface area contributed by atoms with Crippen LogP contribution in [0, 0.1) is 26.2 Å². The highest BCUT2D eigenvalue weighted by Gasteiger charge is 2.33. The lowest BCUT2D eigenvalue weighted by atomic mass is 9.89. The van der Waals surface area contributed by atoms with E-state index in [2.05, 4.69) is 16.1 Å². The van der Waals surface area contributed by atoms with E-state index in [-0.39, 0.29) is 17.7 Å². The number of furan rings is 1. The maximum Gasteiger partial charge on any atom is 0.339 e. The summed E-state index contributed by atoms with van der Waals surface area (Å²) >= 11 is 0. The maximum absolute atomic E-state index is 14.1. The smallest absolute Gasteiger partial charge is 0.339 e. The molecule has 0 bridgehead atoms. The first-order valence-corrected chi connectivity index (χ1v) is 13.9. The number of hydrogen-bond donors (Lipinski definition) is 2. The number of aromatic nitrogens is 4. The first-order valence-electron chi connectivity index (χ1n) is 13.9. The Morgan fingerprint density at radius 3 is 1.93 bits per heavy atom. The molecule has 218 valence electrons. The molecule has 0 amide bonds. The lowest BCUT2D eigenvalue weighted by Crippen LogP contribution is -2.25. The molecule has 0 unspecified atom stereocenters. The number of terminal acetylenes is 1. The van der Waals surface area contributed by atoms with Crippen LogP contribution in [0.4, 0.5) is 0 Å². The van der Waals surface area contributed by atoms with Gasteiger partial charge in [0.1, 0.15) is 11.5 Å². The molecule has 6 rings (SSSR count). The van der Waals surface area contributed by atoms with E-state index in [1.54, 1.807) is 50.2 Å². The summed E-state index contributed by atoms with van der Waals surface area (Å²) in [5.41, 5.74) is 3.57. The van der Waals surface area contributed by atoms with E-state index < -0.39 is 11.9 Å². The Morgan fingerprint density at radius 1 is 0.818 bits per heavy atom. The Kier molecular flexibility index (Phi) is 7.48. The van der Waals surface area contributed by atoms with Crippen LogP contribution in [0.15, 0.2) is 111 Å². The number of hydrogen-bond acceptors (Lipinski definition) is 5. The summed E-state index contributed by atoms with van der Waals surface area (Å²) < 4.78 is 14.4. The molecule has 9 nitrogen and oxygen atoms in total. The number of H-pyrrole nitrogens is 2. The fourth-order valence-electron chi connectivity index (χ4n) is 5.40. The van der Waals surface area contributed by atoms with Gasteiger partial charge >= 0.3 is 5.97 Å². The molecule has 44 heavy (non-hydrogen) atoms. The van der Waals surface area contributed by atoms with Crippen molar-refractivity contribution in [3.05, 3.63) is 152 Å². The number of nitrogens with zero attached hydrogens (tertiary/aromatic N) is 2. The zero-order valence-electron chi connectivity index (χ0n) is 24.0. The van der Waals surface area contributed by atoms with Crippen molar-refractivity contribution in [2.75, 3.05) is 6.61 Å². The third-order valence-electron chi connectivity index (χ3n) is 7.42. The monoisotopic (exact) mass is 584 g/mol. The summed E-state index contributed by atoms with van der Waals surface area (Å²) in [4.78, 5) is 40.6. The quantitative estimate of drug-likeness (QED) is 0.181. The number of esters is 1. The topological polar surface area (TPSA) is 115 Å². The van der Waals surface area contributed by atoms with E-state index >= 15 is 0 Å². The van der Waals surface area contributed by atoms with Crippen LogP contribution in [0.2, 0.25) is 0 Å². The molecule has 2 N–H and O–H groups in total. The van der Waals surface area contributed by atoms with Gasteiger partial charge in [0.15, 0.2) is 6.61 Å². The van der Waals surface area contributed by atoms with Crippen molar-refractivity contribution >= 4 is 5.97 Å². The molecule has 3 aromatic heterocycles. The van der Waals surface area contributed by atoms with E-state index in [4.69, 9.17) is 15.6 Å². The Balaban J connectivity index is 1.51. The molecule has 0 atom stereocenters. The fraction of sp³-hybridized carbons (Fsp3) is 0.114. The standard InChI is InChI=1S/C35H28N4O5/c1-4-20-43-35(42)25-13-11-12-24(21-25)28-18-19-29(44-28)32(30-22(2)36-38(33(30)40)26-14-7-5-8-15-26)31-23(3)37-39(34(31)41)27-16-9-6-10-17-27/h1,5-19,21,32,36-37H,20H2,2-3H3. The van der Waals surface area contributed by atoms with Gasteiger partial charge in [-0.1, -0.05) is 54.5 Å². The zero-order chi connectivity index (χ0) is 30.8. The van der Waals surface area contributed by atoms with Crippen LogP contribution in [0.3, 0.4) is 0 Å². The van der Waals surface area contributed by atoms with Crippen molar-refractivity contribution in [2.24, 2.45) is 0 Å². The minimum atomic E-state index is -0.852. The maximum atomic E-state index is 14.1. The Labute approximate surface area is 252 Å². The van der Waals surface area contributed by atoms with Crippen molar-refractivity contribution in [3.8, 4) is 35.0 Å². The van der Waals surface area contributed by atoms with Crippen LogP contribution in [-0.2, 0) is 4.74 Å². The number of aromatic amines is 2. The third-order valence-corrected chi connectivity index (χ3v) is 7.42. The van der Waals surface area contributed by atoms with Gasteiger partial charge in [0.05, 0.1) is 34.0 Å². The zero-order valence-corrected chi connectivity index (χ0v) is 24.0. The lowest BCUT2D eigenvalue weighted by Gasteiger charge is -2.13. The molecule has 0 spiro atoms. The summed E-state index contributed by atoms with van der Waals surface area (Å²) in [6.07, 6.45) is 5.22. The molecule has 3 heterocycles. The normalized spacial score (nSPS) is 11.0. The second-order valence-corrected chi connectivity index (χ2v) is 10.2. The minimum Gasteiger partial charge on any atom is -0.460 e. The minimum absolute atomic E-state index is 0.136. The number of benzene rings is 3. The van der Waals surface area contributed by atoms with Crippen molar-refractivity contribution in [1.82, 2.24) is 19.6 Å². The molecular formula is C35H28N4O5. The first-order chi connectivity index (χ1) is 21.4. The largest absolute Gasteiger partial charge is 0.460 e. The number of carbonyl (C=O) groups is 1. The van der Waals surface area contributed by atoms with E-state index in [0.717, 1.165) is 0 Å². The molecule has 0 fully saturated rings. The van der Waals surface area contributed by atoms with Crippen molar-refractivity contribution in [1.29, 1.82) is 0 Å². The van der Waals surface area contributed by atoms with Crippen LogP contribution in [-0.4, -0.2) is 32.1 Å². The highest BCUT2D eigenvalue weighted by molar-refractivity contribution is 5.90. The molecule has 3 aromatic carbocycles. The molecule has 9 heteroatoms. The molecule has 0 aliphatic heterocycles. The van der Waals surface area contributed by atoms with Gasteiger partial charge < -0.3 is 9.15 Å². The number of nitrogens with one attached hydrogen (secondary N) is 2. The van der Waals surface area contributed by atoms with Gasteiger partial charge in [-0.2, -0.15) is 0 Å². The van der Waals surface area contributed by atoms with Gasteiger partial charge in [0.2, 0.25) is 0 Å². The predicted octanol–water partition coefficient (Wildman–Crippen LogP) is 5.49. The first kappa shape index (κ1) is 28.1. The van der Waals surface area contributed by atoms with Gasteiger partial charge in [-0.15, -0.1) is 6.42 Å². The molecular weight excluding hydrogens is 556 g/mol. The highest BCUT2D eigenvalue weighted by atomic mass is 16.5. The lowest BCUT2D eigenvalue weighted by molar-refractivity contribution is 0.0557.